The van der Waals surface area contributed by atoms with Crippen molar-refractivity contribution < 1.29 is 22.7 Å². The Morgan fingerprint density at radius 3 is 2.54 bits per heavy atom. The summed E-state index contributed by atoms with van der Waals surface area (Å²) in [5, 5.41) is 8.83. The summed E-state index contributed by atoms with van der Waals surface area (Å²) in [7, 11) is -4.13. The van der Waals surface area contributed by atoms with Crippen LogP contribution in [0.4, 0.5) is 10.1 Å². The number of sulfonamides is 1. The molecule has 9 heteroatoms. The molecule has 2 heterocycles. The van der Waals surface area contributed by atoms with Crippen molar-refractivity contribution in [1.82, 2.24) is 9.55 Å². The summed E-state index contributed by atoms with van der Waals surface area (Å²) in [5.74, 6) is -2.04. The number of anilines is 1. The van der Waals surface area contributed by atoms with Gasteiger partial charge in [0.1, 0.15) is 16.4 Å². The number of aromatic carboxylic acids is 1. The average Bonchev–Trinajstić information content (AvgIpc) is 3.21. The molecular weight excluding hydrogens is 337 g/mol. The van der Waals surface area contributed by atoms with Crippen LogP contribution in [-0.4, -0.2) is 29.0 Å². The maximum Gasteiger partial charge on any atom is 0.352 e. The van der Waals surface area contributed by atoms with Gasteiger partial charge in [-0.3, -0.25) is 4.72 Å². The molecule has 7 nitrogen and oxygen atoms in total. The van der Waals surface area contributed by atoms with Gasteiger partial charge in [-0.1, -0.05) is 0 Å². The Morgan fingerprint density at radius 1 is 1.21 bits per heavy atom. The molecule has 3 aromatic rings. The van der Waals surface area contributed by atoms with Crippen LogP contribution in [-0.2, 0) is 10.0 Å². The zero-order valence-electron chi connectivity index (χ0n) is 12.1. The smallest absolute Gasteiger partial charge is 0.352 e. The molecule has 0 radical (unpaired) electrons. The Hall–Kier alpha value is -3.07. The number of H-pyrrole nitrogens is 1. The first-order chi connectivity index (χ1) is 11.4. The number of nitrogens with one attached hydrogen (secondary N) is 2. The number of hydrogen-bond donors (Lipinski definition) is 3. The highest BCUT2D eigenvalue weighted by atomic mass is 32.2. The van der Waals surface area contributed by atoms with Crippen LogP contribution in [0, 0.1) is 5.82 Å². The van der Waals surface area contributed by atoms with Crippen LogP contribution in [0.25, 0.3) is 5.69 Å². The molecule has 0 unspecified atom stereocenters. The minimum absolute atomic E-state index is 0.237. The van der Waals surface area contributed by atoms with Gasteiger partial charge in [-0.05, 0) is 36.4 Å². The van der Waals surface area contributed by atoms with Crippen molar-refractivity contribution in [1.29, 1.82) is 0 Å². The summed E-state index contributed by atoms with van der Waals surface area (Å²) in [6.45, 7) is 0. The van der Waals surface area contributed by atoms with Crippen molar-refractivity contribution in [3.8, 4) is 5.69 Å². The molecule has 24 heavy (non-hydrogen) atoms. The van der Waals surface area contributed by atoms with Crippen LogP contribution in [0.5, 0.6) is 0 Å². The van der Waals surface area contributed by atoms with Gasteiger partial charge in [-0.25, -0.2) is 17.6 Å². The molecule has 0 bridgehead atoms. The second kappa shape index (κ2) is 5.85. The van der Waals surface area contributed by atoms with Crippen molar-refractivity contribution in [2.45, 2.75) is 4.90 Å². The summed E-state index contributed by atoms with van der Waals surface area (Å²) in [6.07, 6.45) is 4.49. The SMILES string of the molecule is O=C(O)c1cc(S(=O)(=O)Nc2cc(-n3cccc3)ccc2F)c[nH]1. The number of rotatable bonds is 5. The van der Waals surface area contributed by atoms with Gasteiger partial charge >= 0.3 is 5.97 Å². The molecule has 0 amide bonds. The van der Waals surface area contributed by atoms with Gasteiger partial charge < -0.3 is 14.7 Å². The van der Waals surface area contributed by atoms with Crippen molar-refractivity contribution in [3.05, 3.63) is 66.5 Å². The van der Waals surface area contributed by atoms with Crippen LogP contribution in [0.2, 0.25) is 0 Å². The number of nitrogens with zero attached hydrogens (tertiary/aromatic N) is 1. The number of carboxylic acid groups (broad SMARTS) is 1. The van der Waals surface area contributed by atoms with E-state index in [0.717, 1.165) is 18.3 Å². The monoisotopic (exact) mass is 349 g/mol. The van der Waals surface area contributed by atoms with Crippen molar-refractivity contribution in [3.63, 3.8) is 0 Å². The summed E-state index contributed by atoms with van der Waals surface area (Å²) in [4.78, 5) is 12.8. The molecule has 0 fully saturated rings. The number of benzene rings is 1. The lowest BCUT2D eigenvalue weighted by atomic mass is 10.2. The molecule has 0 aliphatic rings. The topological polar surface area (TPSA) is 104 Å². The normalized spacial score (nSPS) is 11.4. The van der Waals surface area contributed by atoms with E-state index in [1.54, 1.807) is 29.1 Å². The van der Waals surface area contributed by atoms with Gasteiger partial charge in [-0.15, -0.1) is 0 Å². The highest BCUT2D eigenvalue weighted by Crippen LogP contribution is 2.23. The lowest BCUT2D eigenvalue weighted by Gasteiger charge is -2.10. The summed E-state index contributed by atoms with van der Waals surface area (Å²) >= 11 is 0. The van der Waals surface area contributed by atoms with Gasteiger partial charge in [0.2, 0.25) is 0 Å². The minimum atomic E-state index is -4.13. The van der Waals surface area contributed by atoms with Gasteiger partial charge in [-0.2, -0.15) is 0 Å². The molecule has 2 aromatic heterocycles. The number of carbonyl (C=O) groups is 1. The first-order valence-electron chi connectivity index (χ1n) is 6.74. The van der Waals surface area contributed by atoms with Crippen LogP contribution in [0.1, 0.15) is 10.5 Å². The summed E-state index contributed by atoms with van der Waals surface area (Å²) in [5.41, 5.74) is 0.0515. The third-order valence-electron chi connectivity index (χ3n) is 3.29. The van der Waals surface area contributed by atoms with Crippen molar-refractivity contribution in [2.24, 2.45) is 0 Å². The van der Waals surface area contributed by atoms with Crippen molar-refractivity contribution in [2.75, 3.05) is 4.72 Å². The number of aromatic amines is 1. The molecule has 0 saturated carbocycles. The lowest BCUT2D eigenvalue weighted by Crippen LogP contribution is -2.13. The van der Waals surface area contributed by atoms with E-state index in [1.807, 2.05) is 0 Å². The molecule has 0 spiro atoms. The first kappa shape index (κ1) is 15.8. The highest BCUT2D eigenvalue weighted by molar-refractivity contribution is 7.92. The predicted octanol–water partition coefficient (Wildman–Crippen LogP) is 2.44. The Morgan fingerprint density at radius 2 is 1.92 bits per heavy atom. The number of aromatic nitrogens is 2. The molecule has 0 aliphatic carbocycles. The van der Waals surface area contributed by atoms with E-state index >= 15 is 0 Å². The number of hydrogen-bond acceptors (Lipinski definition) is 3. The van der Waals surface area contributed by atoms with E-state index < -0.39 is 21.8 Å². The maximum atomic E-state index is 14.0. The summed E-state index contributed by atoms with van der Waals surface area (Å²) in [6, 6.07) is 8.51. The minimum Gasteiger partial charge on any atom is -0.477 e. The zero-order valence-corrected chi connectivity index (χ0v) is 12.9. The van der Waals surface area contributed by atoms with Crippen LogP contribution < -0.4 is 4.72 Å². The Kier molecular flexibility index (Phi) is 3.86. The number of carboxylic acids is 1. The molecule has 3 N–H and O–H groups in total. The maximum absolute atomic E-state index is 14.0. The average molecular weight is 349 g/mol. The van der Waals surface area contributed by atoms with Crippen LogP contribution in [0.15, 0.2) is 59.9 Å². The van der Waals surface area contributed by atoms with E-state index in [1.165, 1.54) is 12.1 Å². The highest BCUT2D eigenvalue weighted by Gasteiger charge is 2.20. The molecule has 0 saturated heterocycles. The Balaban J connectivity index is 1.94. The zero-order chi connectivity index (χ0) is 17.3. The standard InChI is InChI=1S/C15H12FN3O4S/c16-12-4-3-10(19-5-1-2-6-19)7-13(12)18-24(22,23)11-8-14(15(20)21)17-9-11/h1-9,17-18H,(H,20,21). The third-order valence-corrected chi connectivity index (χ3v) is 4.64. The van der Waals surface area contributed by atoms with Crippen LogP contribution in [0.3, 0.4) is 0 Å². The molecule has 1 aromatic carbocycles. The Labute approximate surface area is 136 Å². The van der Waals surface area contributed by atoms with E-state index in [0.29, 0.717) is 5.69 Å². The first-order valence-corrected chi connectivity index (χ1v) is 8.22. The van der Waals surface area contributed by atoms with Gasteiger partial charge in [0.05, 0.1) is 5.69 Å². The summed E-state index contributed by atoms with van der Waals surface area (Å²) < 4.78 is 42.4. The van der Waals surface area contributed by atoms with E-state index in [9.17, 15) is 17.6 Å². The fourth-order valence-electron chi connectivity index (χ4n) is 2.12. The molecule has 0 aliphatic heterocycles. The molecule has 0 atom stereocenters. The lowest BCUT2D eigenvalue weighted by molar-refractivity contribution is 0.0691. The predicted molar refractivity (Wildman–Crippen MR) is 84.3 cm³/mol. The van der Waals surface area contributed by atoms with Crippen molar-refractivity contribution >= 4 is 21.7 Å². The molecular formula is C15H12FN3O4S. The fraction of sp³-hybridized carbons (Fsp3) is 0. The van der Waals surface area contributed by atoms with Gasteiger partial charge in [0.15, 0.2) is 0 Å². The van der Waals surface area contributed by atoms with E-state index in [2.05, 4.69) is 9.71 Å². The van der Waals surface area contributed by atoms with Gasteiger partial charge in [0, 0.05) is 24.3 Å². The van der Waals surface area contributed by atoms with Crippen LogP contribution >= 0.6 is 0 Å². The molecule has 3 rings (SSSR count). The number of halogens is 1. The second-order valence-corrected chi connectivity index (χ2v) is 6.60. The largest absolute Gasteiger partial charge is 0.477 e. The Bertz CT molecular complexity index is 994. The second-order valence-electron chi connectivity index (χ2n) is 4.91. The quantitative estimate of drug-likeness (QED) is 0.658. The van der Waals surface area contributed by atoms with E-state index in [4.69, 9.17) is 5.11 Å². The van der Waals surface area contributed by atoms with E-state index in [-0.39, 0.29) is 16.3 Å². The fourth-order valence-corrected chi connectivity index (χ4v) is 3.17. The third kappa shape index (κ3) is 3.01. The molecule has 124 valence electrons. The van der Waals surface area contributed by atoms with Gasteiger partial charge in [0.25, 0.3) is 10.0 Å².